The molecule has 0 spiro atoms. The molecule has 4 saturated carbocycles. The molecule has 170 valence electrons. The summed E-state index contributed by atoms with van der Waals surface area (Å²) in [5.41, 5.74) is -0.0836. The van der Waals surface area contributed by atoms with Crippen LogP contribution in [0.1, 0.15) is 51.4 Å². The molecule has 1 aromatic heterocycles. The molecule has 0 aromatic carbocycles. The highest BCUT2D eigenvalue weighted by molar-refractivity contribution is 7.91. The Balaban J connectivity index is 1.09. The number of sulfonamides is 1. The molecule has 1 aromatic rings. The molecule has 1 aliphatic heterocycles. The minimum absolute atomic E-state index is 0.0836. The first-order valence-corrected chi connectivity index (χ1v) is 13.7. The van der Waals surface area contributed by atoms with Crippen molar-refractivity contribution in [3.63, 3.8) is 0 Å². The van der Waals surface area contributed by atoms with E-state index in [4.69, 9.17) is 4.74 Å². The highest BCUT2D eigenvalue weighted by atomic mass is 32.2. The number of rotatable bonds is 6. The molecule has 1 amide bonds. The highest BCUT2D eigenvalue weighted by Crippen LogP contribution is 2.55. The van der Waals surface area contributed by atoms with Crippen LogP contribution >= 0.6 is 11.3 Å². The predicted octanol–water partition coefficient (Wildman–Crippen LogP) is 2.78. The van der Waals surface area contributed by atoms with E-state index in [1.807, 2.05) is 0 Å². The fraction of sp³-hybridized carbons (Fsp3) is 0.727. The highest BCUT2D eigenvalue weighted by Gasteiger charge is 2.51. The fourth-order valence-corrected chi connectivity index (χ4v) is 9.33. The topological polar surface area (TPSA) is 92.8 Å². The maximum absolute atomic E-state index is 12.6. The van der Waals surface area contributed by atoms with Crippen molar-refractivity contribution in [1.29, 1.82) is 0 Å². The summed E-state index contributed by atoms with van der Waals surface area (Å²) in [6.45, 7) is 0.341. The first kappa shape index (κ1) is 21.4. The Hall–Kier alpha value is -1.45. The number of esters is 1. The number of amides is 1. The molecular weight excluding hydrogens is 436 g/mol. The zero-order valence-corrected chi connectivity index (χ0v) is 19.3. The average Bonchev–Trinajstić information content (AvgIpc) is 3.26. The minimum atomic E-state index is -3.48. The van der Waals surface area contributed by atoms with Gasteiger partial charge in [-0.3, -0.25) is 9.59 Å². The van der Waals surface area contributed by atoms with Crippen LogP contribution in [0.4, 0.5) is 0 Å². The van der Waals surface area contributed by atoms with E-state index in [0.29, 0.717) is 30.1 Å². The van der Waals surface area contributed by atoms with Crippen molar-refractivity contribution in [2.45, 2.75) is 61.1 Å². The van der Waals surface area contributed by atoms with Gasteiger partial charge in [-0.1, -0.05) is 6.07 Å². The largest absolute Gasteiger partial charge is 0.455 e. The van der Waals surface area contributed by atoms with Gasteiger partial charge < -0.3 is 10.1 Å². The second kappa shape index (κ2) is 8.15. The van der Waals surface area contributed by atoms with Gasteiger partial charge in [0.2, 0.25) is 0 Å². The number of piperidine rings is 1. The number of hydrogen-bond acceptors (Lipinski definition) is 6. The SMILES string of the molecule is O=C(COC(=O)C1CCN(S(=O)(=O)c2cccs2)CC1)NC12CC3CC(CC(C3)C1)C2. The number of carbonyl (C=O) groups is 2. The molecule has 6 rings (SSSR count). The molecule has 0 radical (unpaired) electrons. The van der Waals surface area contributed by atoms with Gasteiger partial charge in [0.15, 0.2) is 6.61 Å². The summed E-state index contributed by atoms with van der Waals surface area (Å²) in [6.07, 6.45) is 7.96. The Morgan fingerprint density at radius 2 is 1.71 bits per heavy atom. The third kappa shape index (κ3) is 4.28. The van der Waals surface area contributed by atoms with Gasteiger partial charge in [-0.2, -0.15) is 4.31 Å². The summed E-state index contributed by atoms with van der Waals surface area (Å²) in [4.78, 5) is 25.0. The van der Waals surface area contributed by atoms with E-state index in [0.717, 1.165) is 37.0 Å². The van der Waals surface area contributed by atoms with Gasteiger partial charge >= 0.3 is 5.97 Å². The second-order valence-electron chi connectivity index (χ2n) is 9.96. The maximum atomic E-state index is 12.6. The standard InChI is InChI=1S/C22H30N2O5S2/c25-19(23-22-11-15-8-16(12-22)10-17(9-15)13-22)14-29-21(26)18-3-5-24(6-4-18)31(27,28)20-2-1-7-30-20/h1-2,7,15-18H,3-6,8-14H2,(H,23,25). The van der Waals surface area contributed by atoms with Crippen molar-refractivity contribution in [2.24, 2.45) is 23.7 Å². The Bertz CT molecular complexity index is 900. The van der Waals surface area contributed by atoms with Crippen LogP contribution in [0.3, 0.4) is 0 Å². The predicted molar refractivity (Wildman–Crippen MR) is 116 cm³/mol. The first-order valence-electron chi connectivity index (χ1n) is 11.3. The number of carbonyl (C=O) groups excluding carboxylic acids is 2. The maximum Gasteiger partial charge on any atom is 0.309 e. The van der Waals surface area contributed by atoms with Crippen LogP contribution in [0.5, 0.6) is 0 Å². The van der Waals surface area contributed by atoms with Gasteiger partial charge in [-0.25, -0.2) is 8.42 Å². The number of nitrogens with one attached hydrogen (secondary N) is 1. The molecular formula is C22H30N2O5S2. The van der Waals surface area contributed by atoms with Crippen molar-refractivity contribution in [3.8, 4) is 0 Å². The van der Waals surface area contributed by atoms with Crippen molar-refractivity contribution < 1.29 is 22.7 Å². The molecule has 0 atom stereocenters. The van der Waals surface area contributed by atoms with Crippen LogP contribution in [0.2, 0.25) is 0 Å². The summed E-state index contributed by atoms with van der Waals surface area (Å²) in [7, 11) is -3.48. The van der Waals surface area contributed by atoms with Gasteiger partial charge in [0.05, 0.1) is 5.92 Å². The van der Waals surface area contributed by atoms with Crippen molar-refractivity contribution in [3.05, 3.63) is 17.5 Å². The van der Waals surface area contributed by atoms with Crippen LogP contribution in [-0.4, -0.2) is 49.8 Å². The molecule has 4 aliphatic carbocycles. The average molecular weight is 467 g/mol. The van der Waals surface area contributed by atoms with Crippen molar-refractivity contribution in [1.82, 2.24) is 9.62 Å². The summed E-state index contributed by atoms with van der Waals surface area (Å²) >= 11 is 1.20. The van der Waals surface area contributed by atoms with E-state index < -0.39 is 16.0 Å². The number of nitrogens with zero attached hydrogens (tertiary/aromatic N) is 1. The molecule has 5 aliphatic rings. The fourth-order valence-electron chi connectivity index (χ4n) is 6.72. The molecule has 0 unspecified atom stereocenters. The van der Waals surface area contributed by atoms with Crippen LogP contribution in [0, 0.1) is 23.7 Å². The molecule has 5 fully saturated rings. The van der Waals surface area contributed by atoms with E-state index >= 15 is 0 Å². The van der Waals surface area contributed by atoms with Gasteiger partial charge in [0.25, 0.3) is 15.9 Å². The molecule has 1 saturated heterocycles. The van der Waals surface area contributed by atoms with E-state index in [9.17, 15) is 18.0 Å². The van der Waals surface area contributed by atoms with Gasteiger partial charge in [-0.05, 0) is 80.6 Å². The number of thiophene rings is 1. The quantitative estimate of drug-likeness (QED) is 0.651. The summed E-state index contributed by atoms with van der Waals surface area (Å²) < 4.78 is 32.3. The van der Waals surface area contributed by atoms with E-state index in [1.165, 1.54) is 34.9 Å². The zero-order valence-electron chi connectivity index (χ0n) is 17.6. The Kier molecular flexibility index (Phi) is 5.63. The van der Waals surface area contributed by atoms with Crippen LogP contribution in [-0.2, 0) is 24.3 Å². The van der Waals surface area contributed by atoms with Gasteiger partial charge in [-0.15, -0.1) is 11.3 Å². The van der Waals surface area contributed by atoms with Gasteiger partial charge in [0.1, 0.15) is 4.21 Å². The Labute approximate surface area is 187 Å². The lowest BCUT2D eigenvalue weighted by atomic mass is 9.53. The molecule has 1 N–H and O–H groups in total. The van der Waals surface area contributed by atoms with E-state index in [2.05, 4.69) is 5.32 Å². The lowest BCUT2D eigenvalue weighted by Gasteiger charge is -2.56. The van der Waals surface area contributed by atoms with Crippen LogP contribution in [0.25, 0.3) is 0 Å². The van der Waals surface area contributed by atoms with E-state index in [1.54, 1.807) is 17.5 Å². The smallest absolute Gasteiger partial charge is 0.309 e. The zero-order chi connectivity index (χ0) is 21.6. The monoisotopic (exact) mass is 466 g/mol. The third-order valence-electron chi connectivity index (χ3n) is 7.66. The number of hydrogen-bond donors (Lipinski definition) is 1. The third-order valence-corrected chi connectivity index (χ3v) is 10.9. The van der Waals surface area contributed by atoms with Crippen molar-refractivity contribution >= 4 is 33.2 Å². The van der Waals surface area contributed by atoms with Gasteiger partial charge in [0, 0.05) is 18.6 Å². The Morgan fingerprint density at radius 1 is 1.10 bits per heavy atom. The van der Waals surface area contributed by atoms with E-state index in [-0.39, 0.29) is 24.0 Å². The second-order valence-corrected chi connectivity index (χ2v) is 13.1. The summed E-state index contributed by atoms with van der Waals surface area (Å²) in [5, 5.41) is 4.96. The molecule has 31 heavy (non-hydrogen) atoms. The molecule has 9 heteroatoms. The molecule has 7 nitrogen and oxygen atoms in total. The lowest BCUT2D eigenvalue weighted by Crippen LogP contribution is -2.60. The van der Waals surface area contributed by atoms with Crippen molar-refractivity contribution in [2.75, 3.05) is 19.7 Å². The van der Waals surface area contributed by atoms with Crippen LogP contribution < -0.4 is 5.32 Å². The van der Waals surface area contributed by atoms with Crippen LogP contribution in [0.15, 0.2) is 21.7 Å². The minimum Gasteiger partial charge on any atom is -0.455 e. The summed E-state index contributed by atoms with van der Waals surface area (Å²) in [6, 6.07) is 3.32. The lowest BCUT2D eigenvalue weighted by molar-refractivity contribution is -0.155. The first-order chi connectivity index (χ1) is 14.8. The summed E-state index contributed by atoms with van der Waals surface area (Å²) in [5.74, 6) is 1.27. The normalized spacial score (nSPS) is 33.4. The molecule has 4 bridgehead atoms. The molecule has 2 heterocycles. The number of ether oxygens (including phenoxy) is 1. The Morgan fingerprint density at radius 3 is 2.26 bits per heavy atom.